The maximum absolute atomic E-state index is 15.2. The summed E-state index contributed by atoms with van der Waals surface area (Å²) in [7, 11) is 1.20. The number of nitro benzene ring substituents is 1. The summed E-state index contributed by atoms with van der Waals surface area (Å²) in [6.07, 6.45) is -0.0648. The molecule has 0 spiro atoms. The Morgan fingerprint density at radius 3 is 1.38 bits per heavy atom. The van der Waals surface area contributed by atoms with Crippen LogP contribution in [0.2, 0.25) is 0 Å². The fraction of sp³-hybridized carbons (Fsp3) is 0.380. The van der Waals surface area contributed by atoms with Crippen molar-refractivity contribution in [1.82, 2.24) is 37.2 Å². The normalized spacial score (nSPS) is 13.6. The van der Waals surface area contributed by atoms with Gasteiger partial charge in [0.2, 0.25) is 35.4 Å². The number of hydrogen-bond acceptors (Lipinski definition) is 13. The van der Waals surface area contributed by atoms with Gasteiger partial charge in [-0.1, -0.05) is 183 Å². The van der Waals surface area contributed by atoms with Gasteiger partial charge in [-0.15, -0.1) is 11.8 Å². The molecule has 92 heavy (non-hydrogen) atoms. The van der Waals surface area contributed by atoms with E-state index in [2.05, 4.69) is 37.2 Å². The average molecular weight is 1280 g/mol. The number of nitro groups is 1. The Kier molecular flexibility index (Phi) is 27.1. The van der Waals surface area contributed by atoms with E-state index in [-0.39, 0.29) is 50.1 Å². The van der Waals surface area contributed by atoms with E-state index in [9.17, 15) is 34.1 Å². The lowest BCUT2D eigenvalue weighted by molar-refractivity contribution is -0.384. The van der Waals surface area contributed by atoms with Crippen LogP contribution in [0.4, 0.5) is 10.5 Å². The number of hydrogen-bond donors (Lipinski definition) is 7. The highest BCUT2D eigenvalue weighted by atomic mass is 32.2. The number of amides is 7. The zero-order chi connectivity index (χ0) is 67.0. The van der Waals surface area contributed by atoms with Gasteiger partial charge >= 0.3 is 12.1 Å². The second-order valence-corrected chi connectivity index (χ2v) is 25.1. The van der Waals surface area contributed by atoms with E-state index in [0.29, 0.717) is 24.0 Å². The monoisotopic (exact) mass is 1270 g/mol. The predicted octanol–water partition coefficient (Wildman–Crippen LogP) is 8.81. The number of ether oxygens (including phenoxy) is 2. The molecule has 7 amide bonds. The molecule has 0 bridgehead atoms. The van der Waals surface area contributed by atoms with Gasteiger partial charge < -0.3 is 46.7 Å². The summed E-state index contributed by atoms with van der Waals surface area (Å²) in [5, 5.41) is 31.5. The molecule has 0 heterocycles. The molecule has 7 atom stereocenters. The first-order chi connectivity index (χ1) is 43.9. The summed E-state index contributed by atoms with van der Waals surface area (Å²) in [6, 6.07) is 41.6. The number of rotatable bonds is 32. The molecule has 6 aromatic carbocycles. The lowest BCUT2D eigenvalue weighted by Crippen LogP contribution is -2.61. The first kappa shape index (κ1) is 71.7. The van der Waals surface area contributed by atoms with E-state index in [1.807, 2.05) is 148 Å². The molecule has 7 unspecified atom stereocenters. The fourth-order valence-electron chi connectivity index (χ4n) is 10.3. The number of alkyl carbamates (subject to hydrolysis) is 1. The highest BCUT2D eigenvalue weighted by Crippen LogP contribution is 2.48. The summed E-state index contributed by atoms with van der Waals surface area (Å²) in [6.45, 7) is 14.0. The largest absolute Gasteiger partial charge is 0.467 e. The Bertz CT molecular complexity index is 3330. The SMILES string of the molecule is CCC(C)C(NC(=O)C(CSC(c1ccccc1)(c1ccccc1)c1ccccc1)NC(C)=O)C(=O)NC(Cc1ccc([N+](=O)[O-])cc1)C(=O)NC(CCCCNC(=O)OC(C)(C)C)C(=O)NC(Cc1ccc(C)cc1)C(=O)NC(Cc1ccc(C)cc1)C(=O)OC. The molecule has 0 aliphatic rings. The van der Waals surface area contributed by atoms with Crippen LogP contribution < -0.4 is 37.2 Å². The van der Waals surface area contributed by atoms with E-state index in [4.69, 9.17) is 9.47 Å². The van der Waals surface area contributed by atoms with E-state index >= 15 is 14.4 Å². The van der Waals surface area contributed by atoms with E-state index in [1.54, 1.807) is 39.8 Å². The second kappa shape index (κ2) is 34.7. The molecule has 0 aromatic heterocycles. The number of unbranched alkanes of at least 4 members (excludes halogenated alkanes) is 1. The zero-order valence-electron chi connectivity index (χ0n) is 53.7. The summed E-state index contributed by atoms with van der Waals surface area (Å²) < 4.78 is 9.63. The third-order valence-electron chi connectivity index (χ3n) is 15.5. The molecular formula is C71H86N8O12S. The highest BCUT2D eigenvalue weighted by molar-refractivity contribution is 8.00. The number of aryl methyl sites for hydroxylation is 2. The van der Waals surface area contributed by atoms with Crippen molar-refractivity contribution < 1.29 is 52.8 Å². The van der Waals surface area contributed by atoms with Crippen LogP contribution in [-0.2, 0) is 67.0 Å². The number of carbonyl (C=O) groups excluding carboxylic acids is 8. The third kappa shape index (κ3) is 21.7. The number of thioether (sulfide) groups is 1. The van der Waals surface area contributed by atoms with E-state index < -0.39 is 105 Å². The number of nitrogens with one attached hydrogen (secondary N) is 7. The van der Waals surface area contributed by atoms with Crippen LogP contribution in [0, 0.1) is 29.9 Å². The topological polar surface area (TPSA) is 282 Å². The van der Waals surface area contributed by atoms with Gasteiger partial charge in [-0.05, 0) is 93.2 Å². The Labute approximate surface area is 543 Å². The quantitative estimate of drug-likeness (QED) is 0.00684. The molecule has 0 saturated carbocycles. The van der Waals surface area contributed by atoms with Crippen molar-refractivity contribution in [2.24, 2.45) is 5.92 Å². The van der Waals surface area contributed by atoms with E-state index in [1.165, 1.54) is 50.1 Å². The minimum absolute atomic E-state index is 0.0253. The lowest BCUT2D eigenvalue weighted by Gasteiger charge is -2.36. The van der Waals surface area contributed by atoms with Gasteiger partial charge in [0.25, 0.3) is 5.69 Å². The number of non-ortho nitro benzene ring substituents is 1. The fourth-order valence-corrected chi connectivity index (χ4v) is 11.9. The standard InChI is InChI=1S/C71H86N8O12S/c1-10-48(4)62(78-66(84)61(73-49(5)80)45-92-71(53-22-14-11-15-23-53,54-24-16-12-17-25-54)55-26-18-13-19-27-55)67(85)76-59(43-52-37-39-56(40-38-52)79(88)89)64(82)74-57(28-20-21-41-72-69(87)91-70(6,7)8)63(81)75-58(42-50-33-29-46(2)30-34-50)65(83)77-60(68(86)90-9)44-51-35-31-47(3)32-36-51/h11-19,22-27,29-40,48,57-62H,10,20-21,28,41-45H2,1-9H3,(H,72,87)(H,73,80)(H,74,82)(H,75,81)(H,76,85)(H,77,83)(H,78,84). The number of benzene rings is 6. The molecular weight excluding hydrogens is 1190 g/mol. The van der Waals surface area contributed by atoms with Crippen LogP contribution >= 0.6 is 11.8 Å². The van der Waals surface area contributed by atoms with Crippen LogP contribution in [-0.4, -0.2) is 114 Å². The Balaban J connectivity index is 1.33. The van der Waals surface area contributed by atoms with Gasteiger partial charge in [0.05, 0.1) is 16.8 Å². The van der Waals surface area contributed by atoms with Gasteiger partial charge in [-0.25, -0.2) is 9.59 Å². The summed E-state index contributed by atoms with van der Waals surface area (Å²) >= 11 is 1.44. The molecule has 6 aromatic rings. The highest BCUT2D eigenvalue weighted by Gasteiger charge is 2.40. The molecule has 0 saturated heterocycles. The van der Waals surface area contributed by atoms with Crippen molar-refractivity contribution in [3.63, 3.8) is 0 Å². The summed E-state index contributed by atoms with van der Waals surface area (Å²) in [5.74, 6) is -5.62. The zero-order valence-corrected chi connectivity index (χ0v) is 54.6. The Morgan fingerprint density at radius 2 is 0.946 bits per heavy atom. The Morgan fingerprint density at radius 1 is 0.533 bits per heavy atom. The van der Waals surface area contributed by atoms with Crippen LogP contribution in [0.1, 0.15) is 112 Å². The summed E-state index contributed by atoms with van der Waals surface area (Å²) in [4.78, 5) is 125. The van der Waals surface area contributed by atoms with Crippen molar-refractivity contribution >= 4 is 65.0 Å². The van der Waals surface area contributed by atoms with Crippen molar-refractivity contribution in [1.29, 1.82) is 0 Å². The van der Waals surface area contributed by atoms with Crippen molar-refractivity contribution in [3.05, 3.63) is 218 Å². The number of esters is 1. The van der Waals surface area contributed by atoms with Crippen molar-refractivity contribution in [2.75, 3.05) is 19.4 Å². The van der Waals surface area contributed by atoms with Crippen LogP contribution in [0.5, 0.6) is 0 Å². The molecule has 0 aliphatic heterocycles. The minimum Gasteiger partial charge on any atom is -0.467 e. The van der Waals surface area contributed by atoms with Crippen LogP contribution in [0.3, 0.4) is 0 Å². The first-order valence-corrected chi connectivity index (χ1v) is 31.9. The molecule has 0 radical (unpaired) electrons. The second-order valence-electron chi connectivity index (χ2n) is 23.9. The third-order valence-corrected chi connectivity index (χ3v) is 17.1. The molecule has 0 fully saturated rings. The van der Waals surface area contributed by atoms with Gasteiger partial charge in [0, 0.05) is 50.6 Å². The maximum Gasteiger partial charge on any atom is 0.407 e. The van der Waals surface area contributed by atoms with Crippen LogP contribution in [0.15, 0.2) is 164 Å². The lowest BCUT2D eigenvalue weighted by atomic mass is 9.84. The molecule has 0 aliphatic carbocycles. The van der Waals surface area contributed by atoms with Gasteiger partial charge in [0.1, 0.15) is 41.9 Å². The molecule has 21 heteroatoms. The van der Waals surface area contributed by atoms with Gasteiger partial charge in [0.15, 0.2) is 0 Å². The number of carbonyl (C=O) groups is 8. The van der Waals surface area contributed by atoms with Crippen molar-refractivity contribution in [3.8, 4) is 0 Å². The molecule has 488 valence electrons. The minimum atomic E-state index is -1.50. The molecule has 20 nitrogen and oxygen atoms in total. The average Bonchev–Trinajstić information content (AvgIpc) is 0.776. The molecule has 7 N–H and O–H groups in total. The number of methoxy groups -OCH3 is 1. The summed E-state index contributed by atoms with van der Waals surface area (Å²) in [5.41, 5.74) is 5.46. The predicted molar refractivity (Wildman–Crippen MR) is 355 cm³/mol. The van der Waals surface area contributed by atoms with Crippen molar-refractivity contribution in [2.45, 2.75) is 147 Å². The first-order valence-electron chi connectivity index (χ1n) is 30.9. The smallest absolute Gasteiger partial charge is 0.407 e. The molecule has 6 rings (SSSR count). The Hall–Kier alpha value is -9.37. The van der Waals surface area contributed by atoms with Gasteiger partial charge in [-0.3, -0.25) is 38.9 Å². The van der Waals surface area contributed by atoms with Crippen LogP contribution in [0.25, 0.3) is 0 Å². The van der Waals surface area contributed by atoms with E-state index in [0.717, 1.165) is 33.4 Å². The maximum atomic E-state index is 15.2. The van der Waals surface area contributed by atoms with Gasteiger partial charge in [-0.2, -0.15) is 0 Å². The number of nitrogens with zero attached hydrogens (tertiary/aromatic N) is 1.